The van der Waals surface area contributed by atoms with Gasteiger partial charge in [0.25, 0.3) is 0 Å². The molecule has 68 valence electrons. The maximum Gasteiger partial charge on any atom is 0.408 e. The van der Waals surface area contributed by atoms with Crippen LogP contribution in [0.15, 0.2) is 0 Å². The summed E-state index contributed by atoms with van der Waals surface area (Å²) in [7, 11) is 0. The fraction of sp³-hybridized carbons (Fsp3) is 0.625. The van der Waals surface area contributed by atoms with E-state index in [0.29, 0.717) is 6.54 Å². The van der Waals surface area contributed by atoms with Crippen LogP contribution < -0.4 is 5.32 Å². The van der Waals surface area contributed by atoms with Gasteiger partial charge in [0.1, 0.15) is 0 Å². The van der Waals surface area contributed by atoms with Gasteiger partial charge in [0.15, 0.2) is 6.61 Å². The Hall–Kier alpha value is -0.440. The van der Waals surface area contributed by atoms with Crippen LogP contribution >= 0.6 is 22.6 Å². The quantitative estimate of drug-likeness (QED) is 0.359. The second-order valence-electron chi connectivity index (χ2n) is 2.10. The largest absolute Gasteiger partial charge is 0.436 e. The van der Waals surface area contributed by atoms with Crippen molar-refractivity contribution in [1.82, 2.24) is 5.32 Å². The monoisotopic (exact) mass is 281 g/mol. The van der Waals surface area contributed by atoms with Crippen LogP contribution in [-0.4, -0.2) is 23.7 Å². The lowest BCUT2D eigenvalue weighted by molar-refractivity contribution is 0.160. The fourth-order valence-electron chi connectivity index (χ4n) is 0.568. The molecule has 0 aliphatic heterocycles. The van der Waals surface area contributed by atoms with Gasteiger partial charge in [-0.25, -0.2) is 4.79 Å². The predicted octanol–water partition coefficient (Wildman–Crippen LogP) is 1.56. The highest BCUT2D eigenvalue weighted by Crippen LogP contribution is 1.92. The summed E-state index contributed by atoms with van der Waals surface area (Å²) >= 11 is 2.30. The summed E-state index contributed by atoms with van der Waals surface area (Å²) in [4.78, 5) is 10.7. The minimum absolute atomic E-state index is 0.0398. The van der Waals surface area contributed by atoms with E-state index < -0.39 is 6.09 Å². The first-order chi connectivity index (χ1) is 5.81. The van der Waals surface area contributed by atoms with Gasteiger partial charge in [0.2, 0.25) is 0 Å². The maximum absolute atomic E-state index is 10.7. The zero-order valence-electron chi connectivity index (χ0n) is 6.81. The van der Waals surface area contributed by atoms with E-state index in [9.17, 15) is 4.79 Å². The molecule has 0 fully saturated rings. The van der Waals surface area contributed by atoms with Gasteiger partial charge in [-0.1, -0.05) is 28.5 Å². The van der Waals surface area contributed by atoms with Crippen LogP contribution in [0.4, 0.5) is 4.79 Å². The summed E-state index contributed by atoms with van der Waals surface area (Å²) in [5.41, 5.74) is 0. The minimum atomic E-state index is -0.429. The van der Waals surface area contributed by atoms with Crippen LogP contribution in [0.1, 0.15) is 12.8 Å². The van der Waals surface area contributed by atoms with E-state index >= 15 is 0 Å². The van der Waals surface area contributed by atoms with Gasteiger partial charge in [-0.05, 0) is 17.3 Å². The Morgan fingerprint density at radius 2 is 2.33 bits per heavy atom. The van der Waals surface area contributed by atoms with Crippen LogP contribution in [0.2, 0.25) is 0 Å². The molecule has 0 radical (unpaired) electrons. The smallest absolute Gasteiger partial charge is 0.408 e. The molecule has 0 saturated heterocycles. The SMILES string of the molecule is C#CCOC(=O)NCCCCI. The van der Waals surface area contributed by atoms with Crippen molar-refractivity contribution in [3.63, 3.8) is 0 Å². The lowest BCUT2D eigenvalue weighted by Gasteiger charge is -2.02. The van der Waals surface area contributed by atoms with Crippen molar-refractivity contribution < 1.29 is 9.53 Å². The Morgan fingerprint density at radius 3 is 2.92 bits per heavy atom. The first-order valence-corrected chi connectivity index (χ1v) is 5.24. The lowest BCUT2D eigenvalue weighted by atomic mass is 10.3. The molecule has 0 spiro atoms. The maximum atomic E-state index is 10.7. The van der Waals surface area contributed by atoms with E-state index in [2.05, 4.69) is 38.6 Å². The summed E-state index contributed by atoms with van der Waals surface area (Å²) in [6, 6.07) is 0. The number of ether oxygens (including phenoxy) is 1. The molecular formula is C8H12INO2. The van der Waals surface area contributed by atoms with Crippen molar-refractivity contribution in [3.8, 4) is 12.3 Å². The number of nitrogens with one attached hydrogen (secondary N) is 1. The third-order valence-corrected chi connectivity index (χ3v) is 1.88. The number of terminal acetylenes is 1. The molecule has 0 unspecified atom stereocenters. The highest BCUT2D eigenvalue weighted by molar-refractivity contribution is 14.1. The van der Waals surface area contributed by atoms with Gasteiger partial charge in [-0.3, -0.25) is 0 Å². The molecule has 0 aromatic rings. The standard InChI is InChI=1S/C8H12INO2/c1-2-7-12-8(11)10-6-4-3-5-9/h1H,3-7H2,(H,10,11). The van der Waals surface area contributed by atoms with E-state index in [1.807, 2.05) is 0 Å². The van der Waals surface area contributed by atoms with E-state index in [0.717, 1.165) is 17.3 Å². The first kappa shape index (κ1) is 11.6. The Morgan fingerprint density at radius 1 is 1.58 bits per heavy atom. The topological polar surface area (TPSA) is 38.3 Å². The average Bonchev–Trinajstić information content (AvgIpc) is 2.09. The van der Waals surface area contributed by atoms with Crippen molar-refractivity contribution in [2.24, 2.45) is 0 Å². The zero-order valence-corrected chi connectivity index (χ0v) is 8.96. The second kappa shape index (κ2) is 8.65. The number of unbranched alkanes of at least 4 members (excludes halogenated alkanes) is 1. The summed E-state index contributed by atoms with van der Waals surface area (Å²) < 4.78 is 5.69. The van der Waals surface area contributed by atoms with Crippen molar-refractivity contribution in [1.29, 1.82) is 0 Å². The Balaban J connectivity index is 3.15. The van der Waals surface area contributed by atoms with Crippen molar-refractivity contribution in [2.75, 3.05) is 17.6 Å². The number of halogens is 1. The van der Waals surface area contributed by atoms with E-state index in [1.165, 1.54) is 0 Å². The number of amides is 1. The predicted molar refractivity (Wildman–Crippen MR) is 56.3 cm³/mol. The first-order valence-electron chi connectivity index (χ1n) is 3.71. The van der Waals surface area contributed by atoms with Crippen LogP contribution in [-0.2, 0) is 4.74 Å². The van der Waals surface area contributed by atoms with Crippen LogP contribution in [0, 0.1) is 12.3 Å². The van der Waals surface area contributed by atoms with Gasteiger partial charge >= 0.3 is 6.09 Å². The highest BCUT2D eigenvalue weighted by Gasteiger charge is 1.97. The molecule has 0 aliphatic rings. The molecule has 3 nitrogen and oxygen atoms in total. The molecule has 0 aliphatic carbocycles. The molecule has 0 rings (SSSR count). The summed E-state index contributed by atoms with van der Waals surface area (Å²) in [6.45, 7) is 0.699. The van der Waals surface area contributed by atoms with E-state index in [1.54, 1.807) is 0 Å². The molecule has 0 bridgehead atoms. The third-order valence-electron chi connectivity index (χ3n) is 1.12. The Bertz CT molecular complexity index is 165. The normalized spacial score (nSPS) is 8.67. The highest BCUT2D eigenvalue weighted by atomic mass is 127. The van der Waals surface area contributed by atoms with Crippen LogP contribution in [0.5, 0.6) is 0 Å². The molecule has 0 atom stereocenters. The van der Waals surface area contributed by atoms with Gasteiger partial charge in [0.05, 0.1) is 0 Å². The van der Waals surface area contributed by atoms with Gasteiger partial charge in [0, 0.05) is 6.54 Å². The number of hydrogen-bond donors (Lipinski definition) is 1. The van der Waals surface area contributed by atoms with Gasteiger partial charge in [-0.15, -0.1) is 6.42 Å². The molecule has 0 aromatic heterocycles. The molecule has 4 heteroatoms. The number of alkyl halides is 1. The van der Waals surface area contributed by atoms with Crippen LogP contribution in [0.25, 0.3) is 0 Å². The van der Waals surface area contributed by atoms with Crippen molar-refractivity contribution >= 4 is 28.7 Å². The molecule has 1 amide bonds. The number of carbonyl (C=O) groups is 1. The lowest BCUT2D eigenvalue weighted by Crippen LogP contribution is -2.25. The molecule has 1 N–H and O–H groups in total. The van der Waals surface area contributed by atoms with E-state index in [4.69, 9.17) is 6.42 Å². The van der Waals surface area contributed by atoms with Crippen molar-refractivity contribution in [3.05, 3.63) is 0 Å². The molecule has 0 heterocycles. The third kappa shape index (κ3) is 7.66. The molecular weight excluding hydrogens is 269 g/mol. The Kier molecular flexibility index (Phi) is 8.34. The molecule has 0 aromatic carbocycles. The number of hydrogen-bond acceptors (Lipinski definition) is 2. The molecule has 0 saturated carbocycles. The number of rotatable bonds is 5. The van der Waals surface area contributed by atoms with Crippen molar-refractivity contribution in [2.45, 2.75) is 12.8 Å². The van der Waals surface area contributed by atoms with Gasteiger partial charge < -0.3 is 10.1 Å². The average molecular weight is 281 g/mol. The summed E-state index contributed by atoms with van der Waals surface area (Å²) in [5, 5.41) is 2.59. The van der Waals surface area contributed by atoms with Gasteiger partial charge in [-0.2, -0.15) is 0 Å². The molecule has 12 heavy (non-hydrogen) atoms. The minimum Gasteiger partial charge on any atom is -0.436 e. The summed E-state index contributed by atoms with van der Waals surface area (Å²) in [6.07, 6.45) is 6.56. The zero-order chi connectivity index (χ0) is 9.23. The number of alkyl carbamates (subject to hydrolysis) is 1. The summed E-state index contributed by atoms with van der Waals surface area (Å²) in [5.74, 6) is 2.22. The second-order valence-corrected chi connectivity index (χ2v) is 3.18. The fourth-order valence-corrected chi connectivity index (χ4v) is 1.11. The van der Waals surface area contributed by atoms with E-state index in [-0.39, 0.29) is 6.61 Å². The number of carbonyl (C=O) groups excluding carboxylic acids is 1. The van der Waals surface area contributed by atoms with Crippen LogP contribution in [0.3, 0.4) is 0 Å². The Labute approximate surface area is 86.4 Å².